The summed E-state index contributed by atoms with van der Waals surface area (Å²) >= 11 is 0. The first-order chi connectivity index (χ1) is 12.7. The van der Waals surface area contributed by atoms with E-state index in [0.717, 1.165) is 30.8 Å². The lowest BCUT2D eigenvalue weighted by atomic mass is 10.1. The van der Waals surface area contributed by atoms with E-state index in [1.807, 2.05) is 0 Å². The Morgan fingerprint density at radius 1 is 1.19 bits per heavy atom. The number of carbonyl (C=O) groups is 1. The van der Waals surface area contributed by atoms with Crippen LogP contribution in [0.5, 0.6) is 0 Å². The van der Waals surface area contributed by atoms with Crippen molar-refractivity contribution in [1.29, 1.82) is 0 Å². The molecule has 27 heavy (non-hydrogen) atoms. The minimum Gasteiger partial charge on any atom is -0.369 e. The van der Waals surface area contributed by atoms with E-state index in [1.165, 1.54) is 18.2 Å². The lowest BCUT2D eigenvalue weighted by molar-refractivity contribution is -0.137. The fourth-order valence-corrected chi connectivity index (χ4v) is 3.21. The summed E-state index contributed by atoms with van der Waals surface area (Å²) in [4.78, 5) is 14.3. The summed E-state index contributed by atoms with van der Waals surface area (Å²) < 4.78 is 51.1. The molecule has 2 aromatic carbocycles. The zero-order valence-corrected chi connectivity index (χ0v) is 14.8. The monoisotopic (exact) mass is 380 g/mol. The summed E-state index contributed by atoms with van der Waals surface area (Å²) in [7, 11) is 0. The van der Waals surface area contributed by atoms with Crippen LogP contribution in [0.1, 0.15) is 23.1 Å². The van der Waals surface area contributed by atoms with Crippen LogP contribution in [0.25, 0.3) is 0 Å². The summed E-state index contributed by atoms with van der Waals surface area (Å²) in [5, 5.41) is 2.92. The van der Waals surface area contributed by atoms with Crippen molar-refractivity contribution in [1.82, 2.24) is 5.32 Å². The molecule has 0 unspecified atom stereocenters. The van der Waals surface area contributed by atoms with Crippen LogP contribution in [0.2, 0.25) is 0 Å². The lowest BCUT2D eigenvalue weighted by Crippen LogP contribution is -2.38. The number of rotatable bonds is 4. The van der Waals surface area contributed by atoms with E-state index in [0.29, 0.717) is 17.7 Å². The number of aryl methyl sites for hydroxylation is 1. The Morgan fingerprint density at radius 3 is 2.52 bits per heavy atom. The van der Waals surface area contributed by atoms with Gasteiger partial charge in [0.15, 0.2) is 0 Å². The van der Waals surface area contributed by atoms with E-state index in [1.54, 1.807) is 19.1 Å². The second-order valence-electron chi connectivity index (χ2n) is 6.80. The number of alkyl halides is 3. The molecule has 144 valence electrons. The average Bonchev–Trinajstić information content (AvgIpc) is 3.05. The van der Waals surface area contributed by atoms with Crippen molar-refractivity contribution in [3.8, 4) is 0 Å². The van der Waals surface area contributed by atoms with Crippen LogP contribution < -0.4 is 10.2 Å². The first-order valence-electron chi connectivity index (χ1n) is 8.69. The number of nitrogens with one attached hydrogen (secondary N) is 1. The van der Waals surface area contributed by atoms with Crippen LogP contribution in [-0.4, -0.2) is 25.0 Å². The van der Waals surface area contributed by atoms with Gasteiger partial charge in [0.05, 0.1) is 12.0 Å². The molecule has 7 heteroatoms. The third-order valence-corrected chi connectivity index (χ3v) is 4.71. The van der Waals surface area contributed by atoms with E-state index in [4.69, 9.17) is 0 Å². The maximum absolute atomic E-state index is 13.4. The second-order valence-corrected chi connectivity index (χ2v) is 6.80. The van der Waals surface area contributed by atoms with E-state index >= 15 is 0 Å². The number of amides is 1. The van der Waals surface area contributed by atoms with Gasteiger partial charge in [0, 0.05) is 24.8 Å². The molecule has 1 fully saturated rings. The molecule has 0 bridgehead atoms. The zero-order valence-electron chi connectivity index (χ0n) is 14.8. The highest BCUT2D eigenvalue weighted by Crippen LogP contribution is 2.29. The topological polar surface area (TPSA) is 32.3 Å². The molecule has 1 aliphatic rings. The standard InChI is InChI=1S/C20H20F4N2O/c1-13-10-17(6-7-18(13)21)26-9-8-16(12-26)25-19(27)11-14-2-4-15(5-3-14)20(22,23)24/h2-7,10,16H,8-9,11-12H2,1H3,(H,25,27)/t16-/m1/s1. The van der Waals surface area contributed by atoms with Gasteiger partial charge in [0.1, 0.15) is 5.82 Å². The van der Waals surface area contributed by atoms with Crippen molar-refractivity contribution in [3.63, 3.8) is 0 Å². The Morgan fingerprint density at radius 2 is 1.89 bits per heavy atom. The summed E-state index contributed by atoms with van der Waals surface area (Å²) in [5.74, 6) is -0.476. The largest absolute Gasteiger partial charge is 0.416 e. The Bertz CT molecular complexity index is 818. The lowest BCUT2D eigenvalue weighted by Gasteiger charge is -2.19. The van der Waals surface area contributed by atoms with Crippen LogP contribution in [0.4, 0.5) is 23.2 Å². The quantitative estimate of drug-likeness (QED) is 0.811. The molecular weight excluding hydrogens is 360 g/mol. The van der Waals surface area contributed by atoms with Crippen LogP contribution in [0.15, 0.2) is 42.5 Å². The Labute approximate surface area is 155 Å². The number of carbonyl (C=O) groups excluding carboxylic acids is 1. The van der Waals surface area contributed by atoms with Gasteiger partial charge in [-0.25, -0.2) is 4.39 Å². The van der Waals surface area contributed by atoms with Crippen molar-refractivity contribution in [2.45, 2.75) is 32.0 Å². The molecule has 1 N–H and O–H groups in total. The highest BCUT2D eigenvalue weighted by molar-refractivity contribution is 5.79. The average molecular weight is 380 g/mol. The molecule has 1 heterocycles. The molecule has 0 aromatic heterocycles. The van der Waals surface area contributed by atoms with Crippen molar-refractivity contribution in [2.24, 2.45) is 0 Å². The molecule has 1 saturated heterocycles. The third kappa shape index (κ3) is 4.78. The summed E-state index contributed by atoms with van der Waals surface area (Å²) in [6, 6.07) is 9.50. The van der Waals surface area contributed by atoms with Gasteiger partial charge < -0.3 is 10.2 Å². The normalized spacial score (nSPS) is 17.2. The number of benzene rings is 2. The van der Waals surface area contributed by atoms with Gasteiger partial charge in [-0.05, 0) is 54.8 Å². The first-order valence-corrected chi connectivity index (χ1v) is 8.69. The number of anilines is 1. The van der Waals surface area contributed by atoms with Gasteiger partial charge >= 0.3 is 6.18 Å². The Hall–Kier alpha value is -2.57. The van der Waals surface area contributed by atoms with Crippen LogP contribution in [0, 0.1) is 12.7 Å². The molecule has 1 atom stereocenters. The van der Waals surface area contributed by atoms with Crippen molar-refractivity contribution in [3.05, 3.63) is 65.0 Å². The predicted molar refractivity (Wildman–Crippen MR) is 95.0 cm³/mol. The van der Waals surface area contributed by atoms with Gasteiger partial charge in [-0.1, -0.05) is 12.1 Å². The van der Waals surface area contributed by atoms with E-state index in [9.17, 15) is 22.4 Å². The molecule has 0 radical (unpaired) electrons. The predicted octanol–water partition coefficient (Wildman–Crippen LogP) is 4.09. The third-order valence-electron chi connectivity index (χ3n) is 4.71. The van der Waals surface area contributed by atoms with E-state index in [2.05, 4.69) is 10.2 Å². The fourth-order valence-electron chi connectivity index (χ4n) is 3.21. The molecule has 3 rings (SSSR count). The highest BCUT2D eigenvalue weighted by atomic mass is 19.4. The molecular formula is C20H20F4N2O. The zero-order chi connectivity index (χ0) is 19.6. The van der Waals surface area contributed by atoms with Gasteiger partial charge in [-0.15, -0.1) is 0 Å². The van der Waals surface area contributed by atoms with Gasteiger partial charge in [0.2, 0.25) is 5.91 Å². The Balaban J connectivity index is 1.53. The summed E-state index contributed by atoms with van der Waals surface area (Å²) in [6.45, 7) is 3.07. The van der Waals surface area contributed by atoms with Crippen molar-refractivity contribution >= 4 is 11.6 Å². The molecule has 0 saturated carbocycles. The SMILES string of the molecule is Cc1cc(N2CC[C@@H](NC(=O)Cc3ccc(C(F)(F)F)cc3)C2)ccc1F. The van der Waals surface area contributed by atoms with Gasteiger partial charge in [0.25, 0.3) is 0 Å². The fraction of sp³-hybridized carbons (Fsp3) is 0.350. The molecule has 3 nitrogen and oxygen atoms in total. The van der Waals surface area contributed by atoms with Gasteiger partial charge in [-0.2, -0.15) is 13.2 Å². The second kappa shape index (κ2) is 7.58. The number of hydrogen-bond acceptors (Lipinski definition) is 2. The maximum atomic E-state index is 13.4. The molecule has 1 aliphatic heterocycles. The summed E-state index contributed by atoms with van der Waals surface area (Å²) in [5.41, 5.74) is 1.29. The number of nitrogens with zero attached hydrogens (tertiary/aromatic N) is 1. The molecule has 0 aliphatic carbocycles. The maximum Gasteiger partial charge on any atom is 0.416 e. The minimum absolute atomic E-state index is 0.0320. The Kier molecular flexibility index (Phi) is 5.39. The smallest absolute Gasteiger partial charge is 0.369 e. The van der Waals surface area contributed by atoms with Crippen molar-refractivity contribution < 1.29 is 22.4 Å². The first kappa shape index (κ1) is 19.2. The van der Waals surface area contributed by atoms with Gasteiger partial charge in [-0.3, -0.25) is 4.79 Å². The number of halogens is 4. The van der Waals surface area contributed by atoms with E-state index in [-0.39, 0.29) is 24.2 Å². The van der Waals surface area contributed by atoms with Crippen LogP contribution >= 0.6 is 0 Å². The molecule has 1 amide bonds. The molecule has 2 aromatic rings. The number of hydrogen-bond donors (Lipinski definition) is 1. The van der Waals surface area contributed by atoms with Crippen LogP contribution in [0.3, 0.4) is 0 Å². The highest BCUT2D eigenvalue weighted by Gasteiger charge is 2.30. The summed E-state index contributed by atoms with van der Waals surface area (Å²) in [6.07, 6.45) is -3.59. The van der Waals surface area contributed by atoms with Crippen molar-refractivity contribution in [2.75, 3.05) is 18.0 Å². The minimum atomic E-state index is -4.38. The molecule has 0 spiro atoms. The van der Waals surface area contributed by atoms with E-state index < -0.39 is 11.7 Å². The van der Waals surface area contributed by atoms with Crippen LogP contribution in [-0.2, 0) is 17.4 Å².